The van der Waals surface area contributed by atoms with Crippen molar-refractivity contribution in [2.45, 2.75) is 13.0 Å². The largest absolute Gasteiger partial charge is 0.478 e. The minimum absolute atomic E-state index is 0.208. The Morgan fingerprint density at radius 3 is 2.78 bits per heavy atom. The molecule has 0 aromatic heterocycles. The van der Waals surface area contributed by atoms with Gasteiger partial charge in [-0.05, 0) is 23.6 Å². The lowest BCUT2D eigenvalue weighted by atomic mass is 9.95. The van der Waals surface area contributed by atoms with Gasteiger partial charge in [0.25, 0.3) is 10.2 Å². The molecule has 18 heavy (non-hydrogen) atoms. The van der Waals surface area contributed by atoms with Crippen molar-refractivity contribution < 1.29 is 18.3 Å². The maximum absolute atomic E-state index is 11.7. The van der Waals surface area contributed by atoms with E-state index in [0.717, 1.165) is 11.1 Å². The lowest BCUT2D eigenvalue weighted by molar-refractivity contribution is 0.0695. The molecule has 1 aromatic rings. The summed E-state index contributed by atoms with van der Waals surface area (Å²) in [5.74, 6) is -0.975. The summed E-state index contributed by atoms with van der Waals surface area (Å²) in [6.07, 6.45) is 0.415. The minimum atomic E-state index is -3.46. The maximum Gasteiger partial charge on any atom is 0.335 e. The second kappa shape index (κ2) is 4.68. The van der Waals surface area contributed by atoms with Crippen LogP contribution >= 0.6 is 0 Å². The van der Waals surface area contributed by atoms with E-state index in [-0.39, 0.29) is 12.1 Å². The number of nitrogens with one attached hydrogen (secondary N) is 1. The standard InChI is InChI=1S/C11H14N2O4S/c1-12-18(16,17)13-6-5-9-8(7-13)3-2-4-10(9)11(14)15/h2-4,12H,5-7H2,1H3,(H,14,15). The molecule has 0 aliphatic carbocycles. The predicted molar refractivity (Wildman–Crippen MR) is 65.5 cm³/mol. The van der Waals surface area contributed by atoms with Crippen LogP contribution in [0.2, 0.25) is 0 Å². The zero-order valence-electron chi connectivity index (χ0n) is 9.88. The molecule has 0 bridgehead atoms. The van der Waals surface area contributed by atoms with Crippen molar-refractivity contribution in [3.05, 3.63) is 34.9 Å². The van der Waals surface area contributed by atoms with Crippen LogP contribution in [-0.4, -0.2) is 37.4 Å². The molecule has 98 valence electrons. The lowest BCUT2D eigenvalue weighted by Crippen LogP contribution is -2.42. The molecular weight excluding hydrogens is 256 g/mol. The fourth-order valence-electron chi connectivity index (χ4n) is 2.12. The van der Waals surface area contributed by atoms with Gasteiger partial charge in [0.05, 0.1) is 5.56 Å². The number of carboxylic acids is 1. The van der Waals surface area contributed by atoms with E-state index in [2.05, 4.69) is 4.72 Å². The Morgan fingerprint density at radius 1 is 1.44 bits per heavy atom. The molecule has 1 aromatic carbocycles. The van der Waals surface area contributed by atoms with E-state index >= 15 is 0 Å². The SMILES string of the molecule is CNS(=O)(=O)N1CCc2c(cccc2C(=O)O)C1. The number of benzene rings is 1. The highest BCUT2D eigenvalue weighted by Crippen LogP contribution is 2.23. The molecule has 0 radical (unpaired) electrons. The highest BCUT2D eigenvalue weighted by Gasteiger charge is 2.27. The lowest BCUT2D eigenvalue weighted by Gasteiger charge is -2.28. The normalized spacial score (nSPS) is 16.3. The summed E-state index contributed by atoms with van der Waals surface area (Å²) in [6, 6.07) is 4.94. The second-order valence-electron chi connectivity index (χ2n) is 4.04. The number of fused-ring (bicyclic) bond motifs is 1. The van der Waals surface area contributed by atoms with Crippen LogP contribution in [0.3, 0.4) is 0 Å². The Morgan fingerprint density at radius 2 is 2.17 bits per heavy atom. The highest BCUT2D eigenvalue weighted by atomic mass is 32.2. The van der Waals surface area contributed by atoms with Crippen LogP contribution in [0, 0.1) is 0 Å². The van der Waals surface area contributed by atoms with E-state index in [0.29, 0.717) is 13.0 Å². The summed E-state index contributed by atoms with van der Waals surface area (Å²) in [5, 5.41) is 9.07. The van der Waals surface area contributed by atoms with Gasteiger partial charge in [0.2, 0.25) is 0 Å². The predicted octanol–water partition coefficient (Wildman–Crippen LogP) is 0.207. The Bertz CT molecular complexity index is 583. The molecule has 1 heterocycles. The zero-order valence-corrected chi connectivity index (χ0v) is 10.7. The average Bonchev–Trinajstić information content (AvgIpc) is 2.37. The van der Waals surface area contributed by atoms with Crippen LogP contribution < -0.4 is 4.72 Å². The Kier molecular flexibility index (Phi) is 3.38. The van der Waals surface area contributed by atoms with Crippen molar-refractivity contribution in [3.63, 3.8) is 0 Å². The molecule has 1 aliphatic heterocycles. The van der Waals surface area contributed by atoms with Crippen molar-refractivity contribution >= 4 is 16.2 Å². The van der Waals surface area contributed by atoms with Gasteiger partial charge in [-0.1, -0.05) is 12.1 Å². The van der Waals surface area contributed by atoms with E-state index in [9.17, 15) is 13.2 Å². The van der Waals surface area contributed by atoms with Crippen molar-refractivity contribution in [3.8, 4) is 0 Å². The minimum Gasteiger partial charge on any atom is -0.478 e. The fourth-order valence-corrected chi connectivity index (χ4v) is 3.02. The highest BCUT2D eigenvalue weighted by molar-refractivity contribution is 7.87. The first-order valence-electron chi connectivity index (χ1n) is 5.48. The summed E-state index contributed by atoms with van der Waals surface area (Å²) in [5.41, 5.74) is 1.74. The van der Waals surface area contributed by atoms with E-state index in [1.165, 1.54) is 11.4 Å². The molecule has 1 aliphatic rings. The van der Waals surface area contributed by atoms with Gasteiger partial charge < -0.3 is 5.11 Å². The Hall–Kier alpha value is -1.44. The maximum atomic E-state index is 11.7. The van der Waals surface area contributed by atoms with Gasteiger partial charge in [-0.3, -0.25) is 0 Å². The molecule has 2 N–H and O–H groups in total. The molecule has 0 saturated heterocycles. The van der Waals surface area contributed by atoms with Gasteiger partial charge in [-0.15, -0.1) is 0 Å². The summed E-state index contributed by atoms with van der Waals surface area (Å²) in [7, 11) is -2.10. The van der Waals surface area contributed by atoms with Crippen LogP contribution in [-0.2, 0) is 23.2 Å². The van der Waals surface area contributed by atoms with Crippen LogP contribution in [0.25, 0.3) is 0 Å². The van der Waals surface area contributed by atoms with Crippen molar-refractivity contribution in [1.29, 1.82) is 0 Å². The van der Waals surface area contributed by atoms with Crippen molar-refractivity contribution in [1.82, 2.24) is 9.03 Å². The molecule has 2 rings (SSSR count). The van der Waals surface area contributed by atoms with E-state index in [1.54, 1.807) is 18.2 Å². The monoisotopic (exact) mass is 270 g/mol. The smallest absolute Gasteiger partial charge is 0.335 e. The summed E-state index contributed by atoms with van der Waals surface area (Å²) >= 11 is 0. The van der Waals surface area contributed by atoms with Gasteiger partial charge in [0.1, 0.15) is 0 Å². The number of carboxylic acid groups (broad SMARTS) is 1. The quantitative estimate of drug-likeness (QED) is 0.822. The third-order valence-electron chi connectivity index (χ3n) is 3.06. The van der Waals surface area contributed by atoms with Gasteiger partial charge >= 0.3 is 5.97 Å². The van der Waals surface area contributed by atoms with Crippen LogP contribution in [0.15, 0.2) is 18.2 Å². The number of nitrogens with zero attached hydrogens (tertiary/aromatic N) is 1. The molecular formula is C11H14N2O4S. The average molecular weight is 270 g/mol. The summed E-state index contributed by atoms with van der Waals surface area (Å²) in [6.45, 7) is 0.500. The van der Waals surface area contributed by atoms with Crippen molar-refractivity contribution in [2.24, 2.45) is 0 Å². The van der Waals surface area contributed by atoms with Gasteiger partial charge in [0.15, 0.2) is 0 Å². The molecule has 6 nitrogen and oxygen atoms in total. The first kappa shape index (κ1) is 13.0. The molecule has 0 fully saturated rings. The van der Waals surface area contributed by atoms with Crippen molar-refractivity contribution in [2.75, 3.05) is 13.6 Å². The molecule has 0 saturated carbocycles. The van der Waals surface area contributed by atoms with Crippen LogP contribution in [0.5, 0.6) is 0 Å². The van der Waals surface area contributed by atoms with Crippen LogP contribution in [0.1, 0.15) is 21.5 Å². The third-order valence-corrected chi connectivity index (χ3v) is 4.57. The summed E-state index contributed by atoms with van der Waals surface area (Å²) in [4.78, 5) is 11.1. The number of carbonyl (C=O) groups is 1. The third kappa shape index (κ3) is 2.24. The Labute approximate surface area is 105 Å². The van der Waals surface area contributed by atoms with Crippen LogP contribution in [0.4, 0.5) is 0 Å². The van der Waals surface area contributed by atoms with E-state index in [4.69, 9.17) is 5.11 Å². The fraction of sp³-hybridized carbons (Fsp3) is 0.364. The second-order valence-corrected chi connectivity index (χ2v) is 5.92. The zero-order chi connectivity index (χ0) is 13.3. The van der Waals surface area contributed by atoms with Gasteiger partial charge in [-0.25, -0.2) is 9.52 Å². The Balaban J connectivity index is 2.37. The molecule has 7 heteroatoms. The molecule has 0 atom stereocenters. The number of rotatable bonds is 3. The molecule has 0 spiro atoms. The number of hydrogen-bond acceptors (Lipinski definition) is 3. The topological polar surface area (TPSA) is 86.7 Å². The number of aromatic carboxylic acids is 1. The first-order valence-corrected chi connectivity index (χ1v) is 6.92. The summed E-state index contributed by atoms with van der Waals surface area (Å²) < 4.78 is 26.9. The van der Waals surface area contributed by atoms with Gasteiger partial charge in [-0.2, -0.15) is 12.7 Å². The number of hydrogen-bond donors (Lipinski definition) is 2. The van der Waals surface area contributed by atoms with E-state index in [1.807, 2.05) is 0 Å². The first-order chi connectivity index (χ1) is 8.45. The molecule has 0 amide bonds. The van der Waals surface area contributed by atoms with E-state index < -0.39 is 16.2 Å². The molecule has 0 unspecified atom stereocenters. The van der Waals surface area contributed by atoms with Gasteiger partial charge in [0, 0.05) is 20.1 Å².